The highest BCUT2D eigenvalue weighted by atomic mass is 32.2. The summed E-state index contributed by atoms with van der Waals surface area (Å²) in [5.74, 6) is 0.704. The molecule has 4 nitrogen and oxygen atoms in total. The molecule has 1 N–H and O–H groups in total. The molecule has 0 heterocycles. The Morgan fingerprint density at radius 1 is 0.960 bits per heavy atom. The maximum absolute atomic E-state index is 12.7. The van der Waals surface area contributed by atoms with Crippen molar-refractivity contribution in [3.05, 3.63) is 71.8 Å². The Kier molecular flexibility index (Phi) is 5.06. The second-order valence-electron chi connectivity index (χ2n) is 5.79. The summed E-state index contributed by atoms with van der Waals surface area (Å²) in [6, 6.07) is 18.8. The molecule has 5 heteroatoms. The number of methoxy groups -OCH3 is 1. The zero-order valence-electron chi connectivity index (χ0n) is 14.3. The average molecular weight is 355 g/mol. The first-order chi connectivity index (χ1) is 12.0. The molecule has 0 atom stereocenters. The summed E-state index contributed by atoms with van der Waals surface area (Å²) in [6.45, 7) is 2.22. The third kappa shape index (κ3) is 3.67. The lowest BCUT2D eigenvalue weighted by atomic mass is 10.1. The molecule has 3 aromatic carbocycles. The van der Waals surface area contributed by atoms with Crippen LogP contribution in [0.3, 0.4) is 0 Å². The summed E-state index contributed by atoms with van der Waals surface area (Å²) >= 11 is 0. The van der Waals surface area contributed by atoms with E-state index in [4.69, 9.17) is 4.74 Å². The minimum atomic E-state index is -3.59. The fourth-order valence-corrected chi connectivity index (χ4v) is 3.96. The fourth-order valence-electron chi connectivity index (χ4n) is 2.90. The Morgan fingerprint density at radius 2 is 1.72 bits per heavy atom. The Hall–Kier alpha value is -2.37. The van der Waals surface area contributed by atoms with Gasteiger partial charge in [-0.3, -0.25) is 0 Å². The molecule has 0 saturated heterocycles. The van der Waals surface area contributed by atoms with Crippen molar-refractivity contribution in [1.82, 2.24) is 4.72 Å². The fraction of sp³-hybridized carbons (Fsp3) is 0.200. The first-order valence-electron chi connectivity index (χ1n) is 8.18. The van der Waals surface area contributed by atoms with Crippen LogP contribution in [-0.4, -0.2) is 15.5 Å². The second kappa shape index (κ2) is 7.25. The van der Waals surface area contributed by atoms with Crippen molar-refractivity contribution in [1.29, 1.82) is 0 Å². The summed E-state index contributed by atoms with van der Waals surface area (Å²) in [5, 5.41) is 2.15. The highest BCUT2D eigenvalue weighted by Crippen LogP contribution is 2.23. The first kappa shape index (κ1) is 17.5. The number of rotatable bonds is 6. The molecule has 25 heavy (non-hydrogen) atoms. The van der Waals surface area contributed by atoms with Crippen molar-refractivity contribution in [2.75, 3.05) is 7.11 Å². The average Bonchev–Trinajstić information content (AvgIpc) is 2.65. The van der Waals surface area contributed by atoms with Crippen LogP contribution in [0.15, 0.2) is 65.6 Å². The predicted octanol–water partition coefficient (Wildman–Crippen LogP) is 3.89. The van der Waals surface area contributed by atoms with E-state index in [2.05, 4.69) is 4.72 Å². The molecule has 0 spiro atoms. The number of hydrogen-bond donors (Lipinski definition) is 1. The number of hydrogen-bond acceptors (Lipinski definition) is 3. The van der Waals surface area contributed by atoms with Crippen LogP contribution in [0.25, 0.3) is 10.8 Å². The molecule has 130 valence electrons. The predicted molar refractivity (Wildman–Crippen MR) is 100 cm³/mol. The number of aryl methyl sites for hydroxylation is 1. The molecule has 0 saturated carbocycles. The van der Waals surface area contributed by atoms with Crippen LogP contribution >= 0.6 is 0 Å². The molecule has 0 aromatic heterocycles. The van der Waals surface area contributed by atoms with Gasteiger partial charge in [0.1, 0.15) is 5.75 Å². The van der Waals surface area contributed by atoms with Crippen LogP contribution < -0.4 is 9.46 Å². The SMILES string of the molecule is CCc1cc(S(=O)(=O)NCc2cccc3ccccc23)ccc1OC. The van der Waals surface area contributed by atoms with Crippen molar-refractivity contribution in [2.24, 2.45) is 0 Å². The summed E-state index contributed by atoms with van der Waals surface area (Å²) in [5.41, 5.74) is 1.82. The molecule has 0 unspecified atom stereocenters. The lowest BCUT2D eigenvalue weighted by Gasteiger charge is -2.12. The maximum atomic E-state index is 12.7. The number of benzene rings is 3. The largest absolute Gasteiger partial charge is 0.496 e. The van der Waals surface area contributed by atoms with Gasteiger partial charge in [0.05, 0.1) is 12.0 Å². The quantitative estimate of drug-likeness (QED) is 0.730. The molecular weight excluding hydrogens is 334 g/mol. The van der Waals surface area contributed by atoms with Crippen LogP contribution in [0.4, 0.5) is 0 Å². The van der Waals surface area contributed by atoms with Crippen LogP contribution in [-0.2, 0) is 23.0 Å². The van der Waals surface area contributed by atoms with Gasteiger partial charge in [-0.25, -0.2) is 13.1 Å². The Labute approximate surface area is 148 Å². The van der Waals surface area contributed by atoms with Crippen molar-refractivity contribution in [3.63, 3.8) is 0 Å². The van der Waals surface area contributed by atoms with Gasteiger partial charge < -0.3 is 4.74 Å². The number of ether oxygens (including phenoxy) is 1. The summed E-state index contributed by atoms with van der Waals surface area (Å²) in [7, 11) is -2.01. The van der Waals surface area contributed by atoms with Crippen LogP contribution in [0.1, 0.15) is 18.1 Å². The van der Waals surface area contributed by atoms with Gasteiger partial charge in [0.25, 0.3) is 0 Å². The van der Waals surface area contributed by atoms with E-state index in [0.29, 0.717) is 12.2 Å². The van der Waals surface area contributed by atoms with E-state index in [9.17, 15) is 8.42 Å². The topological polar surface area (TPSA) is 55.4 Å². The number of nitrogens with one attached hydrogen (secondary N) is 1. The molecule has 3 aromatic rings. The monoisotopic (exact) mass is 355 g/mol. The molecular formula is C20H21NO3S. The van der Waals surface area contributed by atoms with E-state index in [0.717, 1.165) is 21.9 Å². The highest BCUT2D eigenvalue weighted by Gasteiger charge is 2.16. The standard InChI is InChI=1S/C20H21NO3S/c1-3-15-13-18(11-12-20(15)24-2)25(22,23)21-14-17-9-6-8-16-7-4-5-10-19(16)17/h4-13,21H,3,14H2,1-2H3. The smallest absolute Gasteiger partial charge is 0.240 e. The number of fused-ring (bicyclic) bond motifs is 1. The Balaban J connectivity index is 1.87. The molecule has 0 amide bonds. The van der Waals surface area contributed by atoms with Crippen molar-refractivity contribution in [3.8, 4) is 5.75 Å². The van der Waals surface area contributed by atoms with E-state index < -0.39 is 10.0 Å². The minimum absolute atomic E-state index is 0.247. The van der Waals surface area contributed by atoms with Gasteiger partial charge in [-0.05, 0) is 46.5 Å². The number of sulfonamides is 1. The Bertz CT molecular complexity index is 991. The van der Waals surface area contributed by atoms with Crippen LogP contribution in [0, 0.1) is 0 Å². The first-order valence-corrected chi connectivity index (χ1v) is 9.66. The molecule has 0 aliphatic heterocycles. The van der Waals surface area contributed by atoms with E-state index in [1.54, 1.807) is 25.3 Å². The molecule has 0 aliphatic carbocycles. The van der Waals surface area contributed by atoms with E-state index in [1.807, 2.05) is 49.4 Å². The van der Waals surface area contributed by atoms with Crippen molar-refractivity contribution in [2.45, 2.75) is 24.8 Å². The van der Waals surface area contributed by atoms with Gasteiger partial charge in [0, 0.05) is 6.54 Å². The van der Waals surface area contributed by atoms with Gasteiger partial charge >= 0.3 is 0 Å². The van der Waals surface area contributed by atoms with Gasteiger partial charge in [-0.15, -0.1) is 0 Å². The lowest BCUT2D eigenvalue weighted by molar-refractivity contribution is 0.409. The third-order valence-corrected chi connectivity index (χ3v) is 5.67. The minimum Gasteiger partial charge on any atom is -0.496 e. The van der Waals surface area contributed by atoms with Gasteiger partial charge in [-0.1, -0.05) is 49.4 Å². The lowest BCUT2D eigenvalue weighted by Crippen LogP contribution is -2.23. The summed E-state index contributed by atoms with van der Waals surface area (Å²) < 4.78 is 33.3. The summed E-state index contributed by atoms with van der Waals surface area (Å²) in [4.78, 5) is 0.255. The zero-order chi connectivity index (χ0) is 17.9. The molecule has 3 rings (SSSR count). The van der Waals surface area contributed by atoms with Gasteiger partial charge in [0.15, 0.2) is 0 Å². The van der Waals surface area contributed by atoms with Crippen molar-refractivity contribution < 1.29 is 13.2 Å². The third-order valence-electron chi connectivity index (χ3n) is 4.28. The van der Waals surface area contributed by atoms with E-state index in [-0.39, 0.29) is 11.4 Å². The highest BCUT2D eigenvalue weighted by molar-refractivity contribution is 7.89. The molecule has 0 radical (unpaired) electrons. The van der Waals surface area contributed by atoms with E-state index in [1.165, 1.54) is 0 Å². The van der Waals surface area contributed by atoms with Gasteiger partial charge in [-0.2, -0.15) is 0 Å². The van der Waals surface area contributed by atoms with Gasteiger partial charge in [0.2, 0.25) is 10.0 Å². The maximum Gasteiger partial charge on any atom is 0.240 e. The molecule has 0 fully saturated rings. The van der Waals surface area contributed by atoms with Crippen molar-refractivity contribution >= 4 is 20.8 Å². The molecule has 0 bridgehead atoms. The Morgan fingerprint density at radius 3 is 2.48 bits per heavy atom. The second-order valence-corrected chi connectivity index (χ2v) is 7.56. The summed E-state index contributed by atoms with van der Waals surface area (Å²) in [6.07, 6.45) is 0.704. The molecule has 0 aliphatic rings. The van der Waals surface area contributed by atoms with E-state index >= 15 is 0 Å². The normalized spacial score (nSPS) is 11.6. The van der Waals surface area contributed by atoms with Crippen LogP contribution in [0.5, 0.6) is 5.75 Å². The zero-order valence-corrected chi connectivity index (χ0v) is 15.1. The van der Waals surface area contributed by atoms with Crippen LogP contribution in [0.2, 0.25) is 0 Å².